The van der Waals surface area contributed by atoms with Crippen LogP contribution in [0.15, 0.2) is 36.4 Å². The van der Waals surface area contributed by atoms with Crippen LogP contribution in [0.4, 0.5) is 0 Å². The van der Waals surface area contributed by atoms with E-state index in [4.69, 9.17) is 16.3 Å². The van der Waals surface area contributed by atoms with E-state index in [1.807, 2.05) is 18.2 Å². The predicted octanol–water partition coefficient (Wildman–Crippen LogP) is 4.92. The maximum Gasteiger partial charge on any atom is 0.156 e. The smallest absolute Gasteiger partial charge is 0.156 e. The third kappa shape index (κ3) is 2.73. The van der Waals surface area contributed by atoms with Crippen LogP contribution in [0.5, 0.6) is 5.75 Å². The molecule has 1 aliphatic heterocycles. The summed E-state index contributed by atoms with van der Waals surface area (Å²) >= 11 is 6.40. The first-order chi connectivity index (χ1) is 10.6. The van der Waals surface area contributed by atoms with Crippen LogP contribution in [0.2, 0.25) is 5.02 Å². The highest BCUT2D eigenvalue weighted by Crippen LogP contribution is 2.42. The van der Waals surface area contributed by atoms with E-state index in [1.54, 1.807) is 0 Å². The van der Waals surface area contributed by atoms with Gasteiger partial charge >= 0.3 is 0 Å². The van der Waals surface area contributed by atoms with Gasteiger partial charge in [0.15, 0.2) is 6.23 Å². The second-order valence-electron chi connectivity index (χ2n) is 5.78. The molecule has 2 aromatic rings. The molecular weight excluding hydrogens is 294 g/mol. The van der Waals surface area contributed by atoms with E-state index < -0.39 is 0 Å². The van der Waals surface area contributed by atoms with Crippen LogP contribution in [0, 0.1) is 6.92 Å². The number of halogens is 1. The molecule has 2 aromatic carbocycles. The van der Waals surface area contributed by atoms with Gasteiger partial charge in [0.05, 0.1) is 0 Å². The SMILES string of the molecule is CCN(CC)C1Cc2cc(C)cc(-c3ccccc3Cl)c2O1. The van der Waals surface area contributed by atoms with Gasteiger partial charge in [-0.15, -0.1) is 0 Å². The molecule has 1 unspecified atom stereocenters. The topological polar surface area (TPSA) is 12.5 Å². The molecule has 0 amide bonds. The van der Waals surface area contributed by atoms with E-state index in [2.05, 4.69) is 43.9 Å². The van der Waals surface area contributed by atoms with Crippen molar-refractivity contribution in [1.29, 1.82) is 0 Å². The largest absolute Gasteiger partial charge is 0.474 e. The molecule has 0 saturated carbocycles. The number of hydrogen-bond donors (Lipinski definition) is 0. The molecule has 3 rings (SSSR count). The lowest BCUT2D eigenvalue weighted by Gasteiger charge is -2.25. The number of benzene rings is 2. The lowest BCUT2D eigenvalue weighted by atomic mass is 9.98. The molecular formula is C19H22ClNO. The van der Waals surface area contributed by atoms with Crippen molar-refractivity contribution in [1.82, 2.24) is 4.90 Å². The van der Waals surface area contributed by atoms with Crippen molar-refractivity contribution in [2.75, 3.05) is 13.1 Å². The summed E-state index contributed by atoms with van der Waals surface area (Å²) in [6.45, 7) is 8.47. The van der Waals surface area contributed by atoms with Crippen molar-refractivity contribution in [2.24, 2.45) is 0 Å². The highest BCUT2D eigenvalue weighted by atomic mass is 35.5. The highest BCUT2D eigenvalue weighted by molar-refractivity contribution is 6.33. The Labute approximate surface area is 137 Å². The van der Waals surface area contributed by atoms with Crippen molar-refractivity contribution in [3.8, 4) is 16.9 Å². The summed E-state index contributed by atoms with van der Waals surface area (Å²) in [6.07, 6.45) is 1.07. The van der Waals surface area contributed by atoms with Crippen LogP contribution in [0.1, 0.15) is 25.0 Å². The summed E-state index contributed by atoms with van der Waals surface area (Å²) in [6, 6.07) is 12.4. The first kappa shape index (κ1) is 15.4. The fourth-order valence-electron chi connectivity index (χ4n) is 3.22. The number of fused-ring (bicyclic) bond motifs is 1. The van der Waals surface area contributed by atoms with E-state index in [0.29, 0.717) is 0 Å². The number of nitrogens with zero attached hydrogens (tertiary/aromatic N) is 1. The van der Waals surface area contributed by atoms with E-state index >= 15 is 0 Å². The lowest BCUT2D eigenvalue weighted by molar-refractivity contribution is 0.0518. The molecule has 1 atom stereocenters. The molecule has 2 nitrogen and oxygen atoms in total. The summed E-state index contributed by atoms with van der Waals surface area (Å²) in [7, 11) is 0. The lowest BCUT2D eigenvalue weighted by Crippen LogP contribution is -2.38. The molecule has 0 fully saturated rings. The Morgan fingerprint density at radius 3 is 2.55 bits per heavy atom. The number of likely N-dealkylation sites (N-methyl/N-ethyl adjacent to an activating group) is 1. The van der Waals surface area contributed by atoms with Gasteiger partial charge in [0.1, 0.15) is 5.75 Å². The molecule has 0 spiro atoms. The van der Waals surface area contributed by atoms with Crippen LogP contribution in [0.3, 0.4) is 0 Å². The van der Waals surface area contributed by atoms with Crippen molar-refractivity contribution in [3.63, 3.8) is 0 Å². The molecule has 0 radical (unpaired) electrons. The molecule has 0 saturated heterocycles. The Balaban J connectivity index is 2.05. The van der Waals surface area contributed by atoms with Crippen LogP contribution < -0.4 is 4.74 Å². The molecule has 3 heteroatoms. The fourth-order valence-corrected chi connectivity index (χ4v) is 3.46. The first-order valence-electron chi connectivity index (χ1n) is 7.93. The van der Waals surface area contributed by atoms with Crippen molar-refractivity contribution < 1.29 is 4.74 Å². The third-order valence-corrected chi connectivity index (χ3v) is 4.67. The molecule has 0 N–H and O–H groups in total. The second kappa shape index (κ2) is 6.31. The van der Waals surface area contributed by atoms with E-state index in [0.717, 1.165) is 41.4 Å². The maximum absolute atomic E-state index is 6.40. The summed E-state index contributed by atoms with van der Waals surface area (Å²) in [5.74, 6) is 0.996. The van der Waals surface area contributed by atoms with Crippen molar-refractivity contribution in [3.05, 3.63) is 52.5 Å². The molecule has 116 valence electrons. The predicted molar refractivity (Wildman–Crippen MR) is 92.7 cm³/mol. The number of ether oxygens (including phenoxy) is 1. The zero-order valence-corrected chi connectivity index (χ0v) is 14.2. The van der Waals surface area contributed by atoms with E-state index in [-0.39, 0.29) is 6.23 Å². The average molecular weight is 316 g/mol. The van der Waals surface area contributed by atoms with Crippen LogP contribution in [0.25, 0.3) is 11.1 Å². The van der Waals surface area contributed by atoms with Crippen LogP contribution in [-0.2, 0) is 6.42 Å². The third-order valence-electron chi connectivity index (χ3n) is 4.34. The first-order valence-corrected chi connectivity index (χ1v) is 8.31. The number of aryl methyl sites for hydroxylation is 1. The highest BCUT2D eigenvalue weighted by Gasteiger charge is 2.29. The number of hydrogen-bond acceptors (Lipinski definition) is 2. The normalized spacial score (nSPS) is 16.7. The van der Waals surface area contributed by atoms with Gasteiger partial charge in [-0.25, -0.2) is 0 Å². The standard InChI is InChI=1S/C19H22ClNO/c1-4-21(5-2)18-12-14-10-13(3)11-16(19(14)22-18)15-8-6-7-9-17(15)20/h6-11,18H,4-5,12H2,1-3H3. The van der Waals surface area contributed by atoms with Gasteiger partial charge in [-0.1, -0.05) is 49.7 Å². The van der Waals surface area contributed by atoms with Gasteiger partial charge in [0, 0.05) is 28.1 Å². The van der Waals surface area contributed by atoms with E-state index in [9.17, 15) is 0 Å². The van der Waals surface area contributed by atoms with Gasteiger partial charge in [-0.05, 0) is 37.7 Å². The molecule has 22 heavy (non-hydrogen) atoms. The van der Waals surface area contributed by atoms with Gasteiger partial charge in [-0.2, -0.15) is 0 Å². The molecule has 1 aliphatic rings. The zero-order valence-electron chi connectivity index (χ0n) is 13.4. The van der Waals surface area contributed by atoms with Gasteiger partial charge in [-0.3, -0.25) is 4.90 Å². The fraction of sp³-hybridized carbons (Fsp3) is 0.368. The quantitative estimate of drug-likeness (QED) is 0.794. The maximum atomic E-state index is 6.40. The minimum absolute atomic E-state index is 0.132. The summed E-state index contributed by atoms with van der Waals surface area (Å²) < 4.78 is 6.31. The molecule has 1 heterocycles. The van der Waals surface area contributed by atoms with Gasteiger partial charge in [0.2, 0.25) is 0 Å². The molecule has 0 aliphatic carbocycles. The summed E-state index contributed by atoms with van der Waals surface area (Å²) in [5.41, 5.74) is 4.68. The Morgan fingerprint density at radius 2 is 1.86 bits per heavy atom. The van der Waals surface area contributed by atoms with Crippen LogP contribution in [-0.4, -0.2) is 24.2 Å². The number of rotatable bonds is 4. The summed E-state index contributed by atoms with van der Waals surface area (Å²) in [4.78, 5) is 2.35. The minimum atomic E-state index is 0.132. The minimum Gasteiger partial charge on any atom is -0.474 e. The Bertz CT molecular complexity index is 679. The Morgan fingerprint density at radius 1 is 1.14 bits per heavy atom. The van der Waals surface area contributed by atoms with Crippen molar-refractivity contribution in [2.45, 2.75) is 33.4 Å². The Kier molecular flexibility index (Phi) is 4.42. The van der Waals surface area contributed by atoms with Gasteiger partial charge < -0.3 is 4.74 Å². The summed E-state index contributed by atoms with van der Waals surface area (Å²) in [5, 5.41) is 0.769. The average Bonchev–Trinajstić information content (AvgIpc) is 2.92. The molecule has 0 bridgehead atoms. The Hall–Kier alpha value is -1.51. The van der Waals surface area contributed by atoms with Gasteiger partial charge in [0.25, 0.3) is 0 Å². The monoisotopic (exact) mass is 315 g/mol. The van der Waals surface area contributed by atoms with E-state index in [1.165, 1.54) is 11.1 Å². The molecule has 0 aromatic heterocycles. The zero-order chi connectivity index (χ0) is 15.7. The second-order valence-corrected chi connectivity index (χ2v) is 6.19. The van der Waals surface area contributed by atoms with Crippen LogP contribution >= 0.6 is 11.6 Å². The van der Waals surface area contributed by atoms with Crippen molar-refractivity contribution >= 4 is 11.6 Å².